The predicted octanol–water partition coefficient (Wildman–Crippen LogP) is 0.970. The smallest absolute Gasteiger partial charge is 0.318 e. The minimum atomic E-state index is -1.46. The number of aliphatic carboxylic acids is 2. The average molecular weight is 209 g/mol. The van der Waals surface area contributed by atoms with Gasteiger partial charge in [0.05, 0.1) is 0 Å². The Labute approximate surface area is 86.4 Å². The van der Waals surface area contributed by atoms with Crippen LogP contribution in [0.4, 0.5) is 0 Å². The molecule has 0 aliphatic heterocycles. The van der Waals surface area contributed by atoms with E-state index in [0.717, 1.165) is 0 Å². The van der Waals surface area contributed by atoms with E-state index in [1.54, 1.807) is 18.2 Å². The molecule has 0 spiro atoms. The van der Waals surface area contributed by atoms with Gasteiger partial charge < -0.3 is 10.2 Å². The molecule has 1 unspecified atom stereocenters. The Bertz CT molecular complexity index is 349. The molecule has 5 nitrogen and oxygen atoms in total. The lowest BCUT2D eigenvalue weighted by molar-refractivity contribution is -0.155. The molecular weight excluding hydrogens is 198 g/mol. The molecule has 0 bridgehead atoms. The van der Waals surface area contributed by atoms with Crippen LogP contribution in [0.2, 0.25) is 0 Å². The SMILES string of the molecule is CC(c1ccccn1)C(C(=O)O)C(=O)O. The van der Waals surface area contributed by atoms with E-state index < -0.39 is 23.8 Å². The molecule has 0 aliphatic carbocycles. The van der Waals surface area contributed by atoms with Gasteiger partial charge in [0, 0.05) is 17.8 Å². The van der Waals surface area contributed by atoms with Gasteiger partial charge in [-0.05, 0) is 12.1 Å². The van der Waals surface area contributed by atoms with E-state index in [1.165, 1.54) is 13.1 Å². The van der Waals surface area contributed by atoms with Gasteiger partial charge in [0.15, 0.2) is 5.92 Å². The van der Waals surface area contributed by atoms with Crippen LogP contribution < -0.4 is 0 Å². The first kappa shape index (κ1) is 11.2. The zero-order valence-corrected chi connectivity index (χ0v) is 8.12. The molecule has 0 aliphatic rings. The molecule has 0 amide bonds. The van der Waals surface area contributed by atoms with Crippen molar-refractivity contribution in [2.75, 3.05) is 0 Å². The summed E-state index contributed by atoms with van der Waals surface area (Å²) < 4.78 is 0. The molecule has 80 valence electrons. The molecule has 0 saturated carbocycles. The van der Waals surface area contributed by atoms with E-state index in [9.17, 15) is 9.59 Å². The highest BCUT2D eigenvalue weighted by Crippen LogP contribution is 2.22. The fourth-order valence-electron chi connectivity index (χ4n) is 1.35. The van der Waals surface area contributed by atoms with Crippen molar-refractivity contribution < 1.29 is 19.8 Å². The van der Waals surface area contributed by atoms with Crippen LogP contribution in [-0.4, -0.2) is 27.1 Å². The molecule has 1 heterocycles. The van der Waals surface area contributed by atoms with Gasteiger partial charge in [-0.1, -0.05) is 13.0 Å². The fraction of sp³-hybridized carbons (Fsp3) is 0.300. The summed E-state index contributed by atoms with van der Waals surface area (Å²) >= 11 is 0. The molecule has 0 saturated heterocycles. The lowest BCUT2D eigenvalue weighted by Gasteiger charge is -2.15. The van der Waals surface area contributed by atoms with Crippen molar-refractivity contribution in [3.8, 4) is 0 Å². The molecule has 1 aromatic heterocycles. The summed E-state index contributed by atoms with van der Waals surface area (Å²) in [6, 6.07) is 5.00. The monoisotopic (exact) mass is 209 g/mol. The van der Waals surface area contributed by atoms with E-state index in [-0.39, 0.29) is 0 Å². The third-order valence-corrected chi connectivity index (χ3v) is 2.19. The van der Waals surface area contributed by atoms with Gasteiger partial charge in [0.1, 0.15) is 0 Å². The Balaban J connectivity index is 2.96. The summed E-state index contributed by atoms with van der Waals surface area (Å²) in [5.41, 5.74) is 0.465. The first-order chi connectivity index (χ1) is 7.04. The Morgan fingerprint density at radius 3 is 2.27 bits per heavy atom. The summed E-state index contributed by atoms with van der Waals surface area (Å²) in [4.78, 5) is 25.4. The van der Waals surface area contributed by atoms with Gasteiger partial charge in [-0.2, -0.15) is 0 Å². The number of aromatic nitrogens is 1. The maximum Gasteiger partial charge on any atom is 0.318 e. The summed E-state index contributed by atoms with van der Waals surface area (Å²) in [5.74, 6) is -4.80. The standard InChI is InChI=1S/C10H11NO4/c1-6(7-4-2-3-5-11-7)8(9(12)13)10(14)15/h2-6,8H,1H3,(H,12,13)(H,14,15). The molecule has 1 rings (SSSR count). The summed E-state index contributed by atoms with van der Waals surface area (Å²) in [6.45, 7) is 1.54. The van der Waals surface area contributed by atoms with Gasteiger partial charge in [-0.3, -0.25) is 14.6 Å². The number of hydrogen-bond donors (Lipinski definition) is 2. The van der Waals surface area contributed by atoms with E-state index >= 15 is 0 Å². The maximum atomic E-state index is 10.7. The Hall–Kier alpha value is -1.91. The van der Waals surface area contributed by atoms with Crippen LogP contribution in [0.1, 0.15) is 18.5 Å². The van der Waals surface area contributed by atoms with Crippen LogP contribution in [0.3, 0.4) is 0 Å². The van der Waals surface area contributed by atoms with Crippen molar-refractivity contribution in [2.45, 2.75) is 12.8 Å². The van der Waals surface area contributed by atoms with Crippen LogP contribution in [0.25, 0.3) is 0 Å². The largest absolute Gasteiger partial charge is 0.481 e. The Kier molecular flexibility index (Phi) is 3.38. The second-order valence-electron chi connectivity index (χ2n) is 3.20. The quantitative estimate of drug-likeness (QED) is 0.721. The van der Waals surface area contributed by atoms with Crippen molar-refractivity contribution >= 4 is 11.9 Å². The van der Waals surface area contributed by atoms with Gasteiger partial charge in [-0.25, -0.2) is 0 Å². The molecule has 0 aromatic carbocycles. The van der Waals surface area contributed by atoms with Crippen LogP contribution in [0.15, 0.2) is 24.4 Å². The fourth-order valence-corrected chi connectivity index (χ4v) is 1.35. The highest BCUT2D eigenvalue weighted by Gasteiger charge is 2.33. The first-order valence-corrected chi connectivity index (χ1v) is 4.40. The van der Waals surface area contributed by atoms with E-state index in [2.05, 4.69) is 4.98 Å². The molecule has 0 radical (unpaired) electrons. The van der Waals surface area contributed by atoms with Crippen molar-refractivity contribution in [2.24, 2.45) is 5.92 Å². The number of carboxylic acids is 2. The predicted molar refractivity (Wildman–Crippen MR) is 51.4 cm³/mol. The van der Waals surface area contributed by atoms with Crippen LogP contribution in [0.5, 0.6) is 0 Å². The second kappa shape index (κ2) is 4.54. The number of carboxylic acid groups (broad SMARTS) is 2. The lowest BCUT2D eigenvalue weighted by atomic mass is 9.91. The Morgan fingerprint density at radius 2 is 1.87 bits per heavy atom. The van der Waals surface area contributed by atoms with Crippen LogP contribution in [-0.2, 0) is 9.59 Å². The maximum absolute atomic E-state index is 10.7. The van der Waals surface area contributed by atoms with Gasteiger partial charge in [0.25, 0.3) is 0 Å². The minimum Gasteiger partial charge on any atom is -0.481 e. The lowest BCUT2D eigenvalue weighted by Crippen LogP contribution is -2.28. The number of nitrogens with zero attached hydrogens (tertiary/aromatic N) is 1. The molecule has 1 atom stereocenters. The van der Waals surface area contributed by atoms with Crippen molar-refractivity contribution in [1.29, 1.82) is 0 Å². The average Bonchev–Trinajstić information content (AvgIpc) is 2.18. The number of pyridine rings is 1. The number of rotatable bonds is 4. The minimum absolute atomic E-state index is 0.465. The van der Waals surface area contributed by atoms with E-state index in [4.69, 9.17) is 10.2 Å². The zero-order valence-electron chi connectivity index (χ0n) is 8.12. The third-order valence-electron chi connectivity index (χ3n) is 2.19. The van der Waals surface area contributed by atoms with Crippen molar-refractivity contribution in [3.63, 3.8) is 0 Å². The van der Waals surface area contributed by atoms with Crippen molar-refractivity contribution in [3.05, 3.63) is 30.1 Å². The highest BCUT2D eigenvalue weighted by molar-refractivity contribution is 5.93. The van der Waals surface area contributed by atoms with Gasteiger partial charge in [0.2, 0.25) is 0 Å². The molecule has 0 fully saturated rings. The molecule has 1 aromatic rings. The van der Waals surface area contributed by atoms with Gasteiger partial charge >= 0.3 is 11.9 Å². The zero-order chi connectivity index (χ0) is 11.4. The topological polar surface area (TPSA) is 87.5 Å². The van der Waals surface area contributed by atoms with Crippen LogP contribution >= 0.6 is 0 Å². The van der Waals surface area contributed by atoms with Gasteiger partial charge in [-0.15, -0.1) is 0 Å². The third kappa shape index (κ3) is 2.52. The summed E-state index contributed by atoms with van der Waals surface area (Å²) in [6.07, 6.45) is 1.51. The Morgan fingerprint density at radius 1 is 1.27 bits per heavy atom. The molecule has 5 heteroatoms. The summed E-state index contributed by atoms with van der Waals surface area (Å²) in [7, 11) is 0. The molecule has 15 heavy (non-hydrogen) atoms. The second-order valence-corrected chi connectivity index (χ2v) is 3.20. The highest BCUT2D eigenvalue weighted by atomic mass is 16.4. The molecule has 2 N–H and O–H groups in total. The van der Waals surface area contributed by atoms with Crippen molar-refractivity contribution in [1.82, 2.24) is 4.98 Å². The first-order valence-electron chi connectivity index (χ1n) is 4.40. The number of hydrogen-bond acceptors (Lipinski definition) is 3. The van der Waals surface area contributed by atoms with E-state index in [0.29, 0.717) is 5.69 Å². The van der Waals surface area contributed by atoms with E-state index in [1.807, 2.05) is 0 Å². The molecular formula is C10H11NO4. The van der Waals surface area contributed by atoms with Crippen LogP contribution in [0, 0.1) is 5.92 Å². The normalized spacial score (nSPS) is 12.4. The number of carbonyl (C=O) groups is 2. The summed E-state index contributed by atoms with van der Waals surface area (Å²) in [5, 5.41) is 17.5.